The van der Waals surface area contributed by atoms with Gasteiger partial charge in [0.05, 0.1) is 12.3 Å². The molecule has 35 heavy (non-hydrogen) atoms. The van der Waals surface area contributed by atoms with Crippen LogP contribution >= 0.6 is 0 Å². The Balaban J connectivity index is 1.68. The van der Waals surface area contributed by atoms with Gasteiger partial charge in [-0.15, -0.1) is 0 Å². The number of aromatic nitrogens is 2. The Bertz CT molecular complexity index is 1380. The van der Waals surface area contributed by atoms with Crippen LogP contribution in [0.1, 0.15) is 23.6 Å². The van der Waals surface area contributed by atoms with Crippen molar-refractivity contribution in [1.82, 2.24) is 15.1 Å². The van der Waals surface area contributed by atoms with Crippen LogP contribution in [-0.2, 0) is 11.3 Å². The van der Waals surface area contributed by atoms with E-state index >= 15 is 0 Å². The van der Waals surface area contributed by atoms with E-state index in [1.165, 1.54) is 0 Å². The summed E-state index contributed by atoms with van der Waals surface area (Å²) in [5, 5.41) is 17.4. The predicted molar refractivity (Wildman–Crippen MR) is 137 cm³/mol. The van der Waals surface area contributed by atoms with Crippen molar-refractivity contribution in [3.8, 4) is 28.8 Å². The van der Waals surface area contributed by atoms with Crippen LogP contribution < -0.4 is 10.1 Å². The van der Waals surface area contributed by atoms with E-state index in [0.717, 1.165) is 28.1 Å². The van der Waals surface area contributed by atoms with Crippen LogP contribution in [0.4, 0.5) is 0 Å². The molecule has 0 aliphatic heterocycles. The first kappa shape index (κ1) is 23.5. The number of ether oxygens (including phenoxy) is 1. The summed E-state index contributed by atoms with van der Waals surface area (Å²) in [5.74, 6) is 0.292. The zero-order valence-corrected chi connectivity index (χ0v) is 19.7. The van der Waals surface area contributed by atoms with Crippen LogP contribution in [0.2, 0.25) is 0 Å². The number of hydrogen-bond donors (Lipinski definition) is 1. The zero-order chi connectivity index (χ0) is 24.6. The molecule has 3 aromatic carbocycles. The highest BCUT2D eigenvalue weighted by Crippen LogP contribution is 2.28. The van der Waals surface area contributed by atoms with E-state index < -0.39 is 5.91 Å². The van der Waals surface area contributed by atoms with E-state index in [0.29, 0.717) is 24.4 Å². The van der Waals surface area contributed by atoms with Crippen molar-refractivity contribution in [3.05, 3.63) is 107 Å². The minimum Gasteiger partial charge on any atom is -0.494 e. The van der Waals surface area contributed by atoms with Gasteiger partial charge >= 0.3 is 0 Å². The van der Waals surface area contributed by atoms with E-state index in [2.05, 4.69) is 5.32 Å². The van der Waals surface area contributed by atoms with Gasteiger partial charge < -0.3 is 10.1 Å². The lowest BCUT2D eigenvalue weighted by atomic mass is 10.1. The SMILES string of the molecule is CCOc1cccc(-c2nn(-c3ccccc3)cc2/C=C(\C#N)C(=O)NCc2ccc(C)cc2)c1. The lowest BCUT2D eigenvalue weighted by Crippen LogP contribution is -2.23. The fourth-order valence-corrected chi connectivity index (χ4v) is 3.62. The number of carbonyl (C=O) groups excluding carboxylic acids is 1. The molecule has 0 radical (unpaired) electrons. The van der Waals surface area contributed by atoms with Crippen molar-refractivity contribution in [2.75, 3.05) is 6.61 Å². The molecule has 0 unspecified atom stereocenters. The molecule has 0 atom stereocenters. The van der Waals surface area contributed by atoms with E-state index in [9.17, 15) is 10.1 Å². The van der Waals surface area contributed by atoms with Crippen LogP contribution in [0.25, 0.3) is 23.0 Å². The van der Waals surface area contributed by atoms with Crippen molar-refractivity contribution in [2.24, 2.45) is 0 Å². The van der Waals surface area contributed by atoms with Crippen LogP contribution in [0.3, 0.4) is 0 Å². The number of aryl methyl sites for hydroxylation is 1. The second kappa shape index (κ2) is 11.0. The van der Waals surface area contributed by atoms with Gasteiger partial charge in [-0.1, -0.05) is 60.2 Å². The number of hydrogen-bond acceptors (Lipinski definition) is 4. The minimum absolute atomic E-state index is 0.00642. The van der Waals surface area contributed by atoms with Gasteiger partial charge in [0, 0.05) is 23.9 Å². The lowest BCUT2D eigenvalue weighted by Gasteiger charge is -2.06. The number of nitriles is 1. The number of rotatable bonds is 8. The molecular formula is C29H26N4O2. The number of nitrogens with one attached hydrogen (secondary N) is 1. The number of nitrogens with zero attached hydrogens (tertiary/aromatic N) is 3. The fourth-order valence-electron chi connectivity index (χ4n) is 3.62. The number of carbonyl (C=O) groups is 1. The highest BCUT2D eigenvalue weighted by atomic mass is 16.5. The first-order valence-electron chi connectivity index (χ1n) is 11.4. The molecule has 0 fully saturated rings. The van der Waals surface area contributed by atoms with Gasteiger partial charge in [0.1, 0.15) is 23.1 Å². The summed E-state index contributed by atoms with van der Waals surface area (Å²) < 4.78 is 7.40. The summed E-state index contributed by atoms with van der Waals surface area (Å²) in [4.78, 5) is 12.8. The van der Waals surface area contributed by atoms with Crippen molar-refractivity contribution < 1.29 is 9.53 Å². The van der Waals surface area contributed by atoms with Crippen LogP contribution in [-0.4, -0.2) is 22.3 Å². The molecule has 1 N–H and O–H groups in total. The monoisotopic (exact) mass is 462 g/mol. The summed E-state index contributed by atoms with van der Waals surface area (Å²) in [6, 6.07) is 27.2. The predicted octanol–water partition coefficient (Wildman–Crippen LogP) is 5.47. The van der Waals surface area contributed by atoms with Crippen molar-refractivity contribution >= 4 is 12.0 Å². The fraction of sp³-hybridized carbons (Fsp3) is 0.138. The highest BCUT2D eigenvalue weighted by molar-refractivity contribution is 6.02. The highest BCUT2D eigenvalue weighted by Gasteiger charge is 2.15. The Morgan fingerprint density at radius 2 is 1.86 bits per heavy atom. The molecular weight excluding hydrogens is 436 g/mol. The molecule has 1 heterocycles. The first-order valence-corrected chi connectivity index (χ1v) is 11.4. The van der Waals surface area contributed by atoms with Crippen LogP contribution in [0.5, 0.6) is 5.75 Å². The van der Waals surface area contributed by atoms with Gasteiger partial charge in [0.2, 0.25) is 0 Å². The molecule has 0 saturated carbocycles. The van der Waals surface area contributed by atoms with E-state index in [-0.39, 0.29) is 5.57 Å². The van der Waals surface area contributed by atoms with Crippen molar-refractivity contribution in [3.63, 3.8) is 0 Å². The van der Waals surface area contributed by atoms with Crippen molar-refractivity contribution in [2.45, 2.75) is 20.4 Å². The van der Waals surface area contributed by atoms with E-state index in [4.69, 9.17) is 9.84 Å². The maximum absolute atomic E-state index is 12.8. The largest absolute Gasteiger partial charge is 0.494 e. The minimum atomic E-state index is -0.436. The van der Waals surface area contributed by atoms with Crippen LogP contribution in [0, 0.1) is 18.3 Å². The Morgan fingerprint density at radius 1 is 1.09 bits per heavy atom. The molecule has 6 nitrogen and oxygen atoms in total. The van der Waals surface area contributed by atoms with Gasteiger partial charge in [-0.2, -0.15) is 10.4 Å². The molecule has 0 spiro atoms. The Morgan fingerprint density at radius 3 is 2.57 bits per heavy atom. The molecule has 0 aliphatic rings. The molecule has 0 aliphatic carbocycles. The molecule has 4 aromatic rings. The summed E-state index contributed by atoms with van der Waals surface area (Å²) in [6.45, 7) is 4.83. The second-order valence-corrected chi connectivity index (χ2v) is 8.01. The third kappa shape index (κ3) is 5.84. The topological polar surface area (TPSA) is 79.9 Å². The summed E-state index contributed by atoms with van der Waals surface area (Å²) in [5.41, 5.74) is 5.12. The summed E-state index contributed by atoms with van der Waals surface area (Å²) in [7, 11) is 0. The second-order valence-electron chi connectivity index (χ2n) is 8.01. The third-order valence-electron chi connectivity index (χ3n) is 5.42. The van der Waals surface area contributed by atoms with E-state index in [1.807, 2.05) is 105 Å². The molecule has 0 saturated heterocycles. The first-order chi connectivity index (χ1) is 17.1. The maximum Gasteiger partial charge on any atom is 0.262 e. The van der Waals surface area contributed by atoms with Gasteiger partial charge in [-0.05, 0) is 49.8 Å². The standard InChI is InChI=1S/C29H26N4O2/c1-3-35-27-11-7-8-23(17-27)28-25(20-33(32-28)26-9-5-4-6-10-26)16-24(18-30)29(34)31-19-22-14-12-21(2)13-15-22/h4-17,20H,3,19H2,1-2H3,(H,31,34)/b24-16+. The third-order valence-corrected chi connectivity index (χ3v) is 5.42. The molecule has 6 heteroatoms. The summed E-state index contributed by atoms with van der Waals surface area (Å²) >= 11 is 0. The van der Waals surface area contributed by atoms with Gasteiger partial charge in [0.15, 0.2) is 0 Å². The normalized spacial score (nSPS) is 11.1. The number of amides is 1. The molecule has 1 amide bonds. The smallest absolute Gasteiger partial charge is 0.262 e. The quantitative estimate of drug-likeness (QED) is 0.278. The van der Waals surface area contributed by atoms with Gasteiger partial charge in [-0.3, -0.25) is 4.79 Å². The molecule has 174 valence electrons. The van der Waals surface area contributed by atoms with E-state index in [1.54, 1.807) is 10.8 Å². The average Bonchev–Trinajstić information content (AvgIpc) is 3.31. The van der Waals surface area contributed by atoms with Crippen LogP contribution in [0.15, 0.2) is 90.6 Å². The van der Waals surface area contributed by atoms with Crippen molar-refractivity contribution in [1.29, 1.82) is 5.26 Å². The number of benzene rings is 3. The van der Waals surface area contributed by atoms with Gasteiger partial charge in [0.25, 0.3) is 5.91 Å². The average molecular weight is 463 g/mol. The molecule has 4 rings (SSSR count). The molecule has 0 bridgehead atoms. The zero-order valence-electron chi connectivity index (χ0n) is 19.7. The maximum atomic E-state index is 12.8. The Hall–Kier alpha value is -4.63. The Kier molecular flexibility index (Phi) is 7.39. The summed E-state index contributed by atoms with van der Waals surface area (Å²) in [6.07, 6.45) is 3.40. The number of para-hydroxylation sites is 1. The molecule has 1 aromatic heterocycles. The lowest BCUT2D eigenvalue weighted by molar-refractivity contribution is -0.117. The van der Waals surface area contributed by atoms with Gasteiger partial charge in [-0.25, -0.2) is 4.68 Å². The Labute approximate surface area is 205 Å².